The van der Waals surface area contributed by atoms with Crippen LogP contribution < -0.4 is 4.74 Å². The molecule has 1 N–H and O–H groups in total. The van der Waals surface area contributed by atoms with Gasteiger partial charge in [-0.1, -0.05) is 42.5 Å². The number of rotatable bonds is 2. The third-order valence-corrected chi connectivity index (χ3v) is 4.49. The number of hydrogen-bond acceptors (Lipinski definition) is 4. The molecule has 5 nitrogen and oxygen atoms in total. The fraction of sp³-hybridized carbons (Fsp3) is 0.133. The zero-order chi connectivity index (χ0) is 15.0. The first-order valence-electron chi connectivity index (χ1n) is 6.29. The monoisotopic (exact) mass is 304 g/mol. The molecule has 0 bridgehead atoms. The molecule has 1 aliphatic heterocycles. The summed E-state index contributed by atoms with van der Waals surface area (Å²) in [7, 11) is -4.59. The highest BCUT2D eigenvalue weighted by Crippen LogP contribution is 2.37. The summed E-state index contributed by atoms with van der Waals surface area (Å²) in [5.74, 6) is -0.343. The Hall–Kier alpha value is -2.18. The molecular formula is C15H12O5S. The second-order valence-electron chi connectivity index (χ2n) is 4.75. The van der Waals surface area contributed by atoms with Crippen LogP contribution in [-0.4, -0.2) is 24.0 Å². The summed E-state index contributed by atoms with van der Waals surface area (Å²) in [6, 6.07) is 14.9. The number of benzene rings is 2. The predicted octanol–water partition coefficient (Wildman–Crippen LogP) is 2.26. The number of para-hydroxylation sites is 1. The van der Waals surface area contributed by atoms with Gasteiger partial charge in [-0.05, 0) is 17.7 Å². The zero-order valence-corrected chi connectivity index (χ0v) is 11.7. The molecule has 1 aliphatic rings. The second kappa shape index (κ2) is 4.98. The maximum absolute atomic E-state index is 12.4. The average Bonchev–Trinajstić information content (AvgIpc) is 2.46. The molecule has 1 heterocycles. The van der Waals surface area contributed by atoms with E-state index in [0.29, 0.717) is 11.3 Å². The summed E-state index contributed by atoms with van der Waals surface area (Å²) >= 11 is 0. The SMILES string of the molecule is O=C1c2ccccc2OC(c2ccccc2)C1S(=O)(=O)O. The van der Waals surface area contributed by atoms with Crippen molar-refractivity contribution < 1.29 is 22.5 Å². The Balaban J connectivity index is 2.17. The van der Waals surface area contributed by atoms with Gasteiger partial charge in [-0.2, -0.15) is 8.42 Å². The molecule has 0 saturated carbocycles. The third kappa shape index (κ3) is 2.43. The quantitative estimate of drug-likeness (QED) is 0.861. The fourth-order valence-corrected chi connectivity index (χ4v) is 3.36. The van der Waals surface area contributed by atoms with E-state index >= 15 is 0 Å². The molecule has 2 atom stereocenters. The minimum atomic E-state index is -4.59. The van der Waals surface area contributed by atoms with Crippen molar-refractivity contribution in [2.45, 2.75) is 11.4 Å². The van der Waals surface area contributed by atoms with E-state index in [1.807, 2.05) is 0 Å². The van der Waals surface area contributed by atoms with Gasteiger partial charge in [0, 0.05) is 0 Å². The standard InChI is InChI=1S/C15H12O5S/c16-13-11-8-4-5-9-12(11)20-14(15(13)21(17,18)19)10-6-2-1-3-7-10/h1-9,14-15H,(H,17,18,19). The van der Waals surface area contributed by atoms with Crippen LogP contribution in [0.1, 0.15) is 22.0 Å². The zero-order valence-electron chi connectivity index (χ0n) is 10.8. The average molecular weight is 304 g/mol. The van der Waals surface area contributed by atoms with Gasteiger partial charge < -0.3 is 4.74 Å². The molecule has 2 aromatic rings. The van der Waals surface area contributed by atoms with Crippen molar-refractivity contribution in [1.29, 1.82) is 0 Å². The van der Waals surface area contributed by atoms with Gasteiger partial charge in [0.25, 0.3) is 10.1 Å². The van der Waals surface area contributed by atoms with Gasteiger partial charge in [-0.25, -0.2) is 0 Å². The molecule has 0 aromatic heterocycles. The molecule has 2 aromatic carbocycles. The van der Waals surface area contributed by atoms with E-state index in [2.05, 4.69) is 0 Å². The summed E-state index contributed by atoms with van der Waals surface area (Å²) in [5, 5.41) is -1.66. The smallest absolute Gasteiger partial charge is 0.279 e. The van der Waals surface area contributed by atoms with E-state index in [0.717, 1.165) is 0 Å². The van der Waals surface area contributed by atoms with Crippen molar-refractivity contribution >= 4 is 15.9 Å². The van der Waals surface area contributed by atoms with Crippen LogP contribution >= 0.6 is 0 Å². The van der Waals surface area contributed by atoms with E-state index in [-0.39, 0.29) is 5.56 Å². The Morgan fingerprint density at radius 3 is 2.24 bits per heavy atom. The van der Waals surface area contributed by atoms with E-state index in [4.69, 9.17) is 4.74 Å². The van der Waals surface area contributed by atoms with E-state index in [1.54, 1.807) is 48.5 Å². The van der Waals surface area contributed by atoms with Gasteiger partial charge in [-0.15, -0.1) is 0 Å². The van der Waals surface area contributed by atoms with Gasteiger partial charge >= 0.3 is 0 Å². The van der Waals surface area contributed by atoms with Crippen molar-refractivity contribution in [2.24, 2.45) is 0 Å². The van der Waals surface area contributed by atoms with Crippen molar-refractivity contribution in [3.8, 4) is 5.75 Å². The number of Topliss-reactive ketones (excluding diaryl/α,β-unsaturated/α-hetero) is 1. The first kappa shape index (κ1) is 13.8. The highest BCUT2D eigenvalue weighted by Gasteiger charge is 2.45. The Morgan fingerprint density at radius 2 is 1.57 bits per heavy atom. The number of ether oxygens (including phenoxy) is 1. The first-order valence-corrected chi connectivity index (χ1v) is 7.80. The van der Waals surface area contributed by atoms with Gasteiger partial charge in [0.05, 0.1) is 5.56 Å². The summed E-state index contributed by atoms with van der Waals surface area (Å²) in [5.41, 5.74) is 0.676. The van der Waals surface area contributed by atoms with Crippen LogP contribution in [0.4, 0.5) is 0 Å². The van der Waals surface area contributed by atoms with Gasteiger partial charge in [0.2, 0.25) is 0 Å². The first-order chi connectivity index (χ1) is 9.98. The third-order valence-electron chi connectivity index (χ3n) is 3.39. The number of hydrogen-bond donors (Lipinski definition) is 1. The lowest BCUT2D eigenvalue weighted by Crippen LogP contribution is -2.41. The lowest BCUT2D eigenvalue weighted by molar-refractivity contribution is 0.0853. The Kier molecular flexibility index (Phi) is 3.27. The molecule has 0 fully saturated rings. The minimum absolute atomic E-state index is 0.160. The maximum atomic E-state index is 12.4. The van der Waals surface area contributed by atoms with Crippen LogP contribution in [0.3, 0.4) is 0 Å². The van der Waals surface area contributed by atoms with Crippen molar-refractivity contribution in [3.63, 3.8) is 0 Å². The van der Waals surface area contributed by atoms with Crippen molar-refractivity contribution in [3.05, 3.63) is 65.7 Å². The highest BCUT2D eigenvalue weighted by atomic mass is 32.2. The van der Waals surface area contributed by atoms with Crippen LogP contribution in [0.25, 0.3) is 0 Å². The summed E-state index contributed by atoms with van der Waals surface area (Å²) in [4.78, 5) is 12.4. The van der Waals surface area contributed by atoms with E-state index in [1.165, 1.54) is 6.07 Å². The lowest BCUT2D eigenvalue weighted by Gasteiger charge is -2.30. The van der Waals surface area contributed by atoms with Crippen molar-refractivity contribution in [2.75, 3.05) is 0 Å². The number of ketones is 1. The number of carbonyl (C=O) groups excluding carboxylic acids is 1. The largest absolute Gasteiger partial charge is 0.483 e. The predicted molar refractivity (Wildman–Crippen MR) is 75.9 cm³/mol. The van der Waals surface area contributed by atoms with Gasteiger partial charge in [0.1, 0.15) is 5.75 Å². The molecule has 0 radical (unpaired) electrons. The molecule has 3 rings (SSSR count). The van der Waals surface area contributed by atoms with E-state index < -0.39 is 27.3 Å². The highest BCUT2D eigenvalue weighted by molar-refractivity contribution is 7.87. The Labute approximate surface area is 121 Å². The van der Waals surface area contributed by atoms with Gasteiger partial charge in [0.15, 0.2) is 17.1 Å². The van der Waals surface area contributed by atoms with Crippen LogP contribution in [0.5, 0.6) is 5.75 Å². The Bertz CT molecular complexity index is 783. The molecule has 0 aliphatic carbocycles. The molecule has 6 heteroatoms. The lowest BCUT2D eigenvalue weighted by atomic mass is 9.96. The van der Waals surface area contributed by atoms with Crippen LogP contribution in [0.2, 0.25) is 0 Å². The minimum Gasteiger partial charge on any atom is -0.483 e. The molecule has 0 saturated heterocycles. The normalized spacial score (nSPS) is 21.5. The molecular weight excluding hydrogens is 292 g/mol. The molecule has 0 spiro atoms. The summed E-state index contributed by atoms with van der Waals surface area (Å²) in [6.45, 7) is 0. The second-order valence-corrected chi connectivity index (χ2v) is 6.28. The fourth-order valence-electron chi connectivity index (χ4n) is 2.44. The topological polar surface area (TPSA) is 80.7 Å². The summed E-state index contributed by atoms with van der Waals surface area (Å²) in [6.07, 6.45) is -1.07. The Morgan fingerprint density at radius 1 is 0.952 bits per heavy atom. The van der Waals surface area contributed by atoms with Crippen molar-refractivity contribution in [1.82, 2.24) is 0 Å². The molecule has 21 heavy (non-hydrogen) atoms. The van der Waals surface area contributed by atoms with Crippen LogP contribution in [0, 0.1) is 0 Å². The van der Waals surface area contributed by atoms with Gasteiger partial charge in [-0.3, -0.25) is 9.35 Å². The van der Waals surface area contributed by atoms with Crippen LogP contribution in [0.15, 0.2) is 54.6 Å². The summed E-state index contributed by atoms with van der Waals surface area (Å²) < 4.78 is 38.4. The number of fused-ring (bicyclic) bond motifs is 1. The molecule has 108 valence electrons. The molecule has 0 amide bonds. The number of carbonyl (C=O) groups is 1. The van der Waals surface area contributed by atoms with Crippen LogP contribution in [-0.2, 0) is 10.1 Å². The molecule has 2 unspecified atom stereocenters. The maximum Gasteiger partial charge on any atom is 0.279 e. The van der Waals surface area contributed by atoms with E-state index in [9.17, 15) is 17.8 Å².